The van der Waals surface area contributed by atoms with Crippen molar-refractivity contribution in [2.45, 2.75) is 161 Å². The van der Waals surface area contributed by atoms with Gasteiger partial charge in [-0.25, -0.2) is 0 Å². The molecule has 0 aliphatic carbocycles. The summed E-state index contributed by atoms with van der Waals surface area (Å²) < 4.78 is 34.1. The molecule has 8 nitrogen and oxygen atoms in total. The van der Waals surface area contributed by atoms with E-state index in [1.54, 1.807) is 0 Å². The standard InChI is InChI=1S/C42H78NO7P/c1-6-8-10-11-12-13-14-15-16-17-18-19-20-21-22-23-24-25-26-27-28-29-30-31-32-34-37-47-39-41(50-42(44)35-33-9-7-2)40-49-51(45,46)48-38-36-43(3,4)5/h8,10,12-13,15-16,18-19,41H,6-7,9,11,14,17,20-40H2,1-5H3/b10-8-,13-12-,16-15-,19-18-. The van der Waals surface area contributed by atoms with Gasteiger partial charge in [-0.15, -0.1) is 0 Å². The van der Waals surface area contributed by atoms with E-state index in [1.165, 1.54) is 77.0 Å². The first-order valence-corrected chi connectivity index (χ1v) is 21.8. The monoisotopic (exact) mass is 740 g/mol. The number of hydrogen-bond acceptors (Lipinski definition) is 7. The number of hydrogen-bond donors (Lipinski definition) is 0. The Morgan fingerprint density at radius 3 is 1.67 bits per heavy atom. The highest BCUT2D eigenvalue weighted by Gasteiger charge is 2.20. The van der Waals surface area contributed by atoms with E-state index in [-0.39, 0.29) is 25.8 Å². The van der Waals surface area contributed by atoms with Crippen LogP contribution in [0.2, 0.25) is 0 Å². The molecule has 0 radical (unpaired) electrons. The summed E-state index contributed by atoms with van der Waals surface area (Å²) in [7, 11) is 1.35. The van der Waals surface area contributed by atoms with Crippen molar-refractivity contribution in [2.75, 3.05) is 54.1 Å². The van der Waals surface area contributed by atoms with Crippen LogP contribution < -0.4 is 4.89 Å². The number of carbonyl (C=O) groups excluding carboxylic acids is 1. The van der Waals surface area contributed by atoms with Gasteiger partial charge in [0.1, 0.15) is 19.3 Å². The van der Waals surface area contributed by atoms with Crippen molar-refractivity contribution in [3.05, 3.63) is 48.6 Å². The van der Waals surface area contributed by atoms with Crippen LogP contribution in [0.1, 0.15) is 155 Å². The predicted molar refractivity (Wildman–Crippen MR) is 213 cm³/mol. The molecule has 0 aromatic rings. The Kier molecular flexibility index (Phi) is 34.4. The third-order valence-corrected chi connectivity index (χ3v) is 9.36. The highest BCUT2D eigenvalue weighted by molar-refractivity contribution is 7.45. The summed E-state index contributed by atoms with van der Waals surface area (Å²) in [6.07, 6.45) is 42.1. The topological polar surface area (TPSA) is 94.1 Å². The molecule has 0 N–H and O–H groups in total. The van der Waals surface area contributed by atoms with Gasteiger partial charge >= 0.3 is 5.97 Å². The minimum atomic E-state index is -4.50. The zero-order valence-electron chi connectivity index (χ0n) is 33.5. The van der Waals surface area contributed by atoms with Crippen molar-refractivity contribution in [2.24, 2.45) is 0 Å². The van der Waals surface area contributed by atoms with Gasteiger partial charge in [-0.3, -0.25) is 9.36 Å². The van der Waals surface area contributed by atoms with Crippen LogP contribution in [0.15, 0.2) is 48.6 Å². The molecule has 0 saturated carbocycles. The number of phosphoric acid groups is 1. The fourth-order valence-corrected chi connectivity index (χ4v) is 5.97. The van der Waals surface area contributed by atoms with E-state index >= 15 is 0 Å². The first-order valence-electron chi connectivity index (χ1n) is 20.4. The van der Waals surface area contributed by atoms with Crippen molar-refractivity contribution >= 4 is 13.8 Å². The Labute approximate surface area is 314 Å². The first-order chi connectivity index (χ1) is 24.6. The van der Waals surface area contributed by atoms with Crippen molar-refractivity contribution < 1.29 is 37.3 Å². The molecular formula is C42H78NO7P. The third-order valence-electron chi connectivity index (χ3n) is 8.39. The number of unbranched alkanes of at least 4 members (excludes halogenated alkanes) is 15. The molecule has 0 aliphatic rings. The number of carbonyl (C=O) groups is 1. The average Bonchev–Trinajstić information content (AvgIpc) is 3.07. The lowest BCUT2D eigenvalue weighted by molar-refractivity contribution is -0.870. The summed E-state index contributed by atoms with van der Waals surface area (Å²) in [5.74, 6) is -0.360. The third kappa shape index (κ3) is 39.5. The largest absolute Gasteiger partial charge is 0.756 e. The number of likely N-dealkylation sites (N-methyl/N-ethyl adjacent to an activating group) is 1. The molecule has 0 saturated heterocycles. The molecule has 2 unspecified atom stereocenters. The van der Waals surface area contributed by atoms with Crippen molar-refractivity contribution in [1.29, 1.82) is 0 Å². The summed E-state index contributed by atoms with van der Waals surface area (Å²) >= 11 is 0. The van der Waals surface area contributed by atoms with Crippen LogP contribution in [0.4, 0.5) is 0 Å². The Morgan fingerprint density at radius 2 is 1.14 bits per heavy atom. The zero-order chi connectivity index (χ0) is 37.7. The molecule has 0 aliphatic heterocycles. The van der Waals surface area contributed by atoms with E-state index in [0.717, 1.165) is 57.8 Å². The number of esters is 1. The van der Waals surface area contributed by atoms with Gasteiger partial charge in [0.05, 0.1) is 34.4 Å². The Morgan fingerprint density at radius 1 is 0.627 bits per heavy atom. The molecular weight excluding hydrogens is 661 g/mol. The van der Waals surface area contributed by atoms with Crippen LogP contribution in [-0.4, -0.2) is 70.7 Å². The summed E-state index contributed by atoms with van der Waals surface area (Å²) in [5.41, 5.74) is 0. The summed E-state index contributed by atoms with van der Waals surface area (Å²) in [6.45, 7) is 5.11. The van der Waals surface area contributed by atoms with Gasteiger partial charge in [-0.1, -0.05) is 146 Å². The lowest BCUT2D eigenvalue weighted by atomic mass is 10.0. The van der Waals surface area contributed by atoms with Crippen molar-refractivity contribution in [1.82, 2.24) is 0 Å². The van der Waals surface area contributed by atoms with Crippen molar-refractivity contribution in [3.63, 3.8) is 0 Å². The van der Waals surface area contributed by atoms with Crippen LogP contribution in [-0.2, 0) is 27.9 Å². The van der Waals surface area contributed by atoms with Crippen LogP contribution in [0.3, 0.4) is 0 Å². The number of quaternary nitrogens is 1. The molecule has 0 heterocycles. The molecule has 51 heavy (non-hydrogen) atoms. The van der Waals surface area contributed by atoms with Crippen LogP contribution in [0.5, 0.6) is 0 Å². The Balaban J connectivity index is 3.83. The summed E-state index contributed by atoms with van der Waals surface area (Å²) in [4.78, 5) is 24.5. The number of allylic oxidation sites excluding steroid dienone is 8. The van der Waals surface area contributed by atoms with Gasteiger partial charge in [0.25, 0.3) is 7.82 Å². The molecule has 0 aromatic carbocycles. The zero-order valence-corrected chi connectivity index (χ0v) is 34.4. The van der Waals surface area contributed by atoms with Gasteiger partial charge in [-0.05, 0) is 51.4 Å². The minimum absolute atomic E-state index is 0.0247. The van der Waals surface area contributed by atoms with E-state index in [0.29, 0.717) is 24.1 Å². The Bertz CT molecular complexity index is 957. The maximum Gasteiger partial charge on any atom is 0.306 e. The first kappa shape index (κ1) is 49.5. The van der Waals surface area contributed by atoms with Gasteiger partial charge in [0, 0.05) is 13.0 Å². The number of rotatable bonds is 37. The van der Waals surface area contributed by atoms with Crippen LogP contribution in [0, 0.1) is 0 Å². The average molecular weight is 740 g/mol. The molecule has 0 amide bonds. The molecule has 0 aromatic heterocycles. The van der Waals surface area contributed by atoms with E-state index < -0.39 is 13.9 Å². The smallest absolute Gasteiger partial charge is 0.306 e. The van der Waals surface area contributed by atoms with Crippen LogP contribution in [0.25, 0.3) is 0 Å². The molecule has 0 spiro atoms. The SMILES string of the molecule is CC/C=C\C/C=C\C/C=C\C/C=C\CCCCCCCCCCCCCCCOCC(COP(=O)([O-])OCC[N+](C)(C)C)OC(=O)CCCCC. The van der Waals surface area contributed by atoms with Gasteiger partial charge in [-0.2, -0.15) is 0 Å². The fourth-order valence-electron chi connectivity index (χ4n) is 5.24. The highest BCUT2D eigenvalue weighted by Crippen LogP contribution is 2.38. The van der Waals surface area contributed by atoms with Gasteiger partial charge < -0.3 is 27.9 Å². The van der Waals surface area contributed by atoms with E-state index in [1.807, 2.05) is 21.1 Å². The van der Waals surface area contributed by atoms with Gasteiger partial charge in [0.2, 0.25) is 0 Å². The minimum Gasteiger partial charge on any atom is -0.756 e. The highest BCUT2D eigenvalue weighted by atomic mass is 31.2. The molecule has 0 bridgehead atoms. The second-order valence-electron chi connectivity index (χ2n) is 14.6. The maximum absolute atomic E-state index is 12.3. The molecule has 0 fully saturated rings. The molecule has 0 rings (SSSR count). The molecule has 9 heteroatoms. The summed E-state index contributed by atoms with van der Waals surface area (Å²) in [5, 5.41) is 0. The van der Waals surface area contributed by atoms with E-state index in [2.05, 4.69) is 62.5 Å². The maximum atomic E-state index is 12.3. The molecule has 298 valence electrons. The number of nitrogens with zero attached hydrogens (tertiary/aromatic N) is 1. The second-order valence-corrected chi connectivity index (χ2v) is 16.0. The van der Waals surface area contributed by atoms with Gasteiger partial charge in [0.15, 0.2) is 0 Å². The normalized spacial score (nSPS) is 14.4. The van der Waals surface area contributed by atoms with E-state index in [4.69, 9.17) is 18.5 Å². The second kappa shape index (κ2) is 35.5. The van der Waals surface area contributed by atoms with Crippen LogP contribution >= 0.6 is 7.82 Å². The van der Waals surface area contributed by atoms with E-state index in [9.17, 15) is 14.3 Å². The fraction of sp³-hybridized carbons (Fsp3) is 0.786. The number of ether oxygens (including phenoxy) is 2. The Hall–Kier alpha value is -1.54. The number of phosphoric ester groups is 1. The lowest BCUT2D eigenvalue weighted by Crippen LogP contribution is -2.37. The lowest BCUT2D eigenvalue weighted by Gasteiger charge is -2.28. The predicted octanol–water partition coefficient (Wildman–Crippen LogP) is 11.0. The quantitative estimate of drug-likeness (QED) is 0.0206. The molecule has 2 atom stereocenters. The van der Waals surface area contributed by atoms with Crippen molar-refractivity contribution in [3.8, 4) is 0 Å². The summed E-state index contributed by atoms with van der Waals surface area (Å²) in [6, 6.07) is 0.